The molecule has 0 fully saturated rings. The summed E-state index contributed by atoms with van der Waals surface area (Å²) >= 11 is 0. The molecule has 0 aliphatic carbocycles. The Morgan fingerprint density at radius 1 is 1.11 bits per heavy atom. The molecule has 2 rings (SSSR count). The molecule has 2 atom stereocenters. The number of benzene rings is 2. The monoisotopic (exact) mass is 490 g/mol. The Hall–Kier alpha value is -3.50. The van der Waals surface area contributed by atoms with Gasteiger partial charge in [-0.2, -0.15) is 0 Å². The summed E-state index contributed by atoms with van der Waals surface area (Å²) in [5.74, 6) is -1.53. The number of aliphatic hydroxyl groups is 1. The number of nitrogens with zero attached hydrogens (tertiary/aromatic N) is 1. The highest BCUT2D eigenvalue weighted by Gasteiger charge is 2.26. The van der Waals surface area contributed by atoms with Crippen molar-refractivity contribution in [2.75, 3.05) is 33.4 Å². The highest BCUT2D eigenvalue weighted by Crippen LogP contribution is 2.13. The predicted octanol–water partition coefficient (Wildman–Crippen LogP) is 1.92. The number of nitrogens with one attached hydrogen (secondary N) is 1. The maximum absolute atomic E-state index is 13.7. The molecule has 35 heavy (non-hydrogen) atoms. The number of methoxy groups -OCH3 is 1. The number of carbonyl (C=O) groups is 3. The van der Waals surface area contributed by atoms with E-state index in [1.807, 2.05) is 6.92 Å². The van der Waals surface area contributed by atoms with Gasteiger partial charge >= 0.3 is 11.9 Å². The number of hydrogen-bond donors (Lipinski definition) is 2. The lowest BCUT2D eigenvalue weighted by Gasteiger charge is -2.27. The van der Waals surface area contributed by atoms with Crippen LogP contribution in [0, 0.1) is 5.82 Å². The molecule has 0 saturated carbocycles. The van der Waals surface area contributed by atoms with E-state index in [1.54, 1.807) is 31.4 Å². The molecule has 9 nitrogen and oxygen atoms in total. The van der Waals surface area contributed by atoms with E-state index in [0.29, 0.717) is 25.1 Å². The summed E-state index contributed by atoms with van der Waals surface area (Å²) in [5, 5.41) is 13.0. The van der Waals surface area contributed by atoms with Gasteiger partial charge in [0, 0.05) is 19.6 Å². The molecular weight excluding hydrogens is 459 g/mol. The van der Waals surface area contributed by atoms with Crippen LogP contribution in [0.4, 0.5) is 4.39 Å². The standard InChI is InChI=1S/C25H31FN2O7/c1-3-12-28(17-29)23(25(32)34-15-18-8-10-20(33-2)11-9-18)14-27-13-19(30)16-35-24(31)21-6-4-5-7-22(21)26/h4-11,17,19,23,27,30H,3,12-16H2,1-2H3. The summed E-state index contributed by atoms with van der Waals surface area (Å²) in [6.07, 6.45) is 0.102. The van der Waals surface area contributed by atoms with Crippen LogP contribution in [0.1, 0.15) is 29.3 Å². The Bertz CT molecular complexity index is 955. The molecule has 10 heteroatoms. The van der Waals surface area contributed by atoms with Crippen LogP contribution < -0.4 is 10.1 Å². The van der Waals surface area contributed by atoms with E-state index in [-0.39, 0.29) is 31.9 Å². The Morgan fingerprint density at radius 2 is 1.83 bits per heavy atom. The van der Waals surface area contributed by atoms with Gasteiger partial charge in [-0.05, 0) is 36.2 Å². The van der Waals surface area contributed by atoms with Crippen molar-refractivity contribution >= 4 is 18.3 Å². The van der Waals surface area contributed by atoms with E-state index < -0.39 is 29.9 Å². The second-order valence-corrected chi connectivity index (χ2v) is 7.71. The molecule has 2 aromatic carbocycles. The lowest BCUT2D eigenvalue weighted by atomic mass is 10.2. The first kappa shape index (κ1) is 27.7. The molecule has 0 radical (unpaired) electrons. The van der Waals surface area contributed by atoms with E-state index in [4.69, 9.17) is 14.2 Å². The van der Waals surface area contributed by atoms with Gasteiger partial charge in [-0.3, -0.25) is 4.79 Å². The van der Waals surface area contributed by atoms with Gasteiger partial charge in [-0.15, -0.1) is 0 Å². The van der Waals surface area contributed by atoms with E-state index in [1.165, 1.54) is 23.1 Å². The number of aliphatic hydroxyl groups excluding tert-OH is 1. The summed E-state index contributed by atoms with van der Waals surface area (Å²) in [4.78, 5) is 37.6. The zero-order valence-electron chi connectivity index (χ0n) is 19.8. The van der Waals surface area contributed by atoms with E-state index >= 15 is 0 Å². The molecule has 1 amide bonds. The van der Waals surface area contributed by atoms with Crippen LogP contribution in [0.5, 0.6) is 5.75 Å². The highest BCUT2D eigenvalue weighted by molar-refractivity contribution is 5.89. The predicted molar refractivity (Wildman–Crippen MR) is 125 cm³/mol. The SMILES string of the molecule is CCCN(C=O)C(CNCC(O)COC(=O)c1ccccc1F)C(=O)OCc1ccc(OC)cc1. The minimum atomic E-state index is -1.11. The fraction of sp³-hybridized carbons (Fsp3) is 0.400. The fourth-order valence-electron chi connectivity index (χ4n) is 3.17. The number of hydrogen-bond acceptors (Lipinski definition) is 8. The number of rotatable bonds is 15. The Morgan fingerprint density at radius 3 is 2.46 bits per heavy atom. The van der Waals surface area contributed by atoms with Crippen LogP contribution in [0.15, 0.2) is 48.5 Å². The molecule has 0 aromatic heterocycles. The molecule has 0 spiro atoms. The third-order valence-electron chi connectivity index (χ3n) is 5.05. The quantitative estimate of drug-likeness (QED) is 0.288. The van der Waals surface area contributed by atoms with Gasteiger partial charge in [0.05, 0.1) is 12.7 Å². The molecule has 190 valence electrons. The molecule has 0 aliphatic rings. The van der Waals surface area contributed by atoms with Gasteiger partial charge in [-0.25, -0.2) is 14.0 Å². The van der Waals surface area contributed by atoms with Gasteiger partial charge in [0.1, 0.15) is 36.9 Å². The van der Waals surface area contributed by atoms with Crippen molar-refractivity contribution in [1.82, 2.24) is 10.2 Å². The summed E-state index contributed by atoms with van der Waals surface area (Å²) in [6, 6.07) is 11.5. The second-order valence-electron chi connectivity index (χ2n) is 7.71. The van der Waals surface area contributed by atoms with Crippen LogP contribution in [0.25, 0.3) is 0 Å². The van der Waals surface area contributed by atoms with Crippen molar-refractivity contribution in [2.45, 2.75) is 32.1 Å². The fourth-order valence-corrected chi connectivity index (χ4v) is 3.17. The third-order valence-corrected chi connectivity index (χ3v) is 5.05. The van der Waals surface area contributed by atoms with Gasteiger partial charge in [0.2, 0.25) is 6.41 Å². The molecule has 0 aliphatic heterocycles. The Labute approximate surface area is 203 Å². The summed E-state index contributed by atoms with van der Waals surface area (Å²) in [7, 11) is 1.55. The minimum Gasteiger partial charge on any atom is -0.497 e. The third kappa shape index (κ3) is 8.99. The highest BCUT2D eigenvalue weighted by atomic mass is 19.1. The summed E-state index contributed by atoms with van der Waals surface area (Å²) in [5.41, 5.74) is 0.527. The molecule has 2 unspecified atom stereocenters. The van der Waals surface area contributed by atoms with Crippen LogP contribution in [0.3, 0.4) is 0 Å². The number of halogens is 1. The normalized spacial score (nSPS) is 12.3. The average molecular weight is 491 g/mol. The van der Waals surface area contributed by atoms with Gasteiger partial charge in [-0.1, -0.05) is 31.2 Å². The largest absolute Gasteiger partial charge is 0.497 e. The van der Waals surface area contributed by atoms with E-state index in [2.05, 4.69) is 5.32 Å². The molecule has 0 heterocycles. The average Bonchev–Trinajstić information content (AvgIpc) is 2.87. The first-order chi connectivity index (χ1) is 16.9. The Kier molecular flexibility index (Phi) is 11.6. The van der Waals surface area contributed by atoms with Crippen molar-refractivity contribution < 1.29 is 38.1 Å². The number of ether oxygens (including phenoxy) is 3. The van der Waals surface area contributed by atoms with Crippen LogP contribution >= 0.6 is 0 Å². The van der Waals surface area contributed by atoms with Crippen LogP contribution in [-0.2, 0) is 25.7 Å². The maximum atomic E-state index is 13.7. The van der Waals surface area contributed by atoms with Crippen molar-refractivity contribution in [2.24, 2.45) is 0 Å². The minimum absolute atomic E-state index is 0.0124. The van der Waals surface area contributed by atoms with Crippen molar-refractivity contribution in [3.05, 3.63) is 65.5 Å². The zero-order valence-corrected chi connectivity index (χ0v) is 19.8. The van der Waals surface area contributed by atoms with Gasteiger partial charge in [0.25, 0.3) is 0 Å². The maximum Gasteiger partial charge on any atom is 0.341 e. The second kappa shape index (κ2) is 14.7. The summed E-state index contributed by atoms with van der Waals surface area (Å²) < 4.78 is 29.1. The summed E-state index contributed by atoms with van der Waals surface area (Å²) in [6.45, 7) is 1.84. The first-order valence-electron chi connectivity index (χ1n) is 11.2. The van der Waals surface area contributed by atoms with Gasteiger partial charge in [0.15, 0.2) is 0 Å². The van der Waals surface area contributed by atoms with E-state index in [0.717, 1.165) is 11.6 Å². The lowest BCUT2D eigenvalue weighted by molar-refractivity contribution is -0.153. The number of carbonyl (C=O) groups excluding carboxylic acids is 3. The first-order valence-corrected chi connectivity index (χ1v) is 11.2. The topological polar surface area (TPSA) is 114 Å². The van der Waals surface area contributed by atoms with Crippen LogP contribution in [-0.4, -0.2) is 73.9 Å². The molecule has 0 saturated heterocycles. The van der Waals surface area contributed by atoms with Crippen molar-refractivity contribution in [3.63, 3.8) is 0 Å². The lowest BCUT2D eigenvalue weighted by Crippen LogP contribution is -2.49. The molecular formula is C25H31FN2O7. The Balaban J connectivity index is 1.87. The zero-order chi connectivity index (χ0) is 25.6. The van der Waals surface area contributed by atoms with Gasteiger partial charge < -0.3 is 29.5 Å². The smallest absolute Gasteiger partial charge is 0.341 e. The molecule has 0 bridgehead atoms. The van der Waals surface area contributed by atoms with Crippen LogP contribution in [0.2, 0.25) is 0 Å². The molecule has 2 aromatic rings. The van der Waals surface area contributed by atoms with E-state index in [9.17, 15) is 23.9 Å². The number of esters is 2. The molecule has 2 N–H and O–H groups in total. The van der Waals surface area contributed by atoms with Crippen molar-refractivity contribution in [3.8, 4) is 5.75 Å². The van der Waals surface area contributed by atoms with Crippen molar-refractivity contribution in [1.29, 1.82) is 0 Å². The number of amides is 1.